The maximum atomic E-state index is 5.82. The van der Waals surface area contributed by atoms with Crippen molar-refractivity contribution in [2.75, 3.05) is 25.6 Å². The third-order valence-electron chi connectivity index (χ3n) is 2.25. The topological polar surface area (TPSA) is 53.7 Å². The Labute approximate surface area is 109 Å². The van der Waals surface area contributed by atoms with E-state index in [1.54, 1.807) is 6.07 Å². The van der Waals surface area contributed by atoms with E-state index in [0.717, 1.165) is 12.2 Å². The van der Waals surface area contributed by atoms with Gasteiger partial charge >= 0.3 is 0 Å². The molecule has 0 saturated carbocycles. The van der Waals surface area contributed by atoms with E-state index in [1.165, 1.54) is 0 Å². The molecule has 0 aliphatic rings. The van der Waals surface area contributed by atoms with Gasteiger partial charge in [-0.2, -0.15) is 0 Å². The van der Waals surface area contributed by atoms with E-state index in [-0.39, 0.29) is 6.10 Å². The van der Waals surface area contributed by atoms with E-state index in [2.05, 4.69) is 6.92 Å². The molecule has 0 unspecified atom stereocenters. The van der Waals surface area contributed by atoms with Gasteiger partial charge in [0, 0.05) is 6.07 Å². The molecule has 18 heavy (non-hydrogen) atoms. The number of hydrogen-bond acceptors (Lipinski definition) is 4. The maximum Gasteiger partial charge on any atom is 0.145 e. The number of anilines is 1. The van der Waals surface area contributed by atoms with E-state index >= 15 is 0 Å². The summed E-state index contributed by atoms with van der Waals surface area (Å²) in [6.07, 6.45) is 1.18. The van der Waals surface area contributed by atoms with Crippen LogP contribution in [-0.2, 0) is 4.74 Å². The number of benzene rings is 1. The van der Waals surface area contributed by atoms with Crippen LogP contribution < -0.4 is 15.2 Å². The van der Waals surface area contributed by atoms with Crippen molar-refractivity contribution in [3.8, 4) is 11.5 Å². The second kappa shape index (κ2) is 7.82. The van der Waals surface area contributed by atoms with Crippen LogP contribution in [-0.4, -0.2) is 25.9 Å². The zero-order valence-electron chi connectivity index (χ0n) is 11.4. The highest BCUT2D eigenvalue weighted by molar-refractivity contribution is 5.55. The fourth-order valence-electron chi connectivity index (χ4n) is 1.38. The highest BCUT2D eigenvalue weighted by Gasteiger charge is 2.03. The minimum atomic E-state index is 0.225. The van der Waals surface area contributed by atoms with Gasteiger partial charge in [0.15, 0.2) is 0 Å². The predicted octanol–water partition coefficient (Wildman–Crippen LogP) is 2.86. The summed E-state index contributed by atoms with van der Waals surface area (Å²) in [5.74, 6) is 1.43. The van der Waals surface area contributed by atoms with Crippen molar-refractivity contribution in [2.24, 2.45) is 0 Å². The number of hydrogen-bond donors (Lipinski definition) is 1. The van der Waals surface area contributed by atoms with Gasteiger partial charge in [0.2, 0.25) is 0 Å². The highest BCUT2D eigenvalue weighted by atomic mass is 16.5. The van der Waals surface area contributed by atoms with Crippen molar-refractivity contribution in [2.45, 2.75) is 33.3 Å². The fourth-order valence-corrected chi connectivity index (χ4v) is 1.38. The van der Waals surface area contributed by atoms with Gasteiger partial charge in [-0.1, -0.05) is 6.92 Å². The van der Waals surface area contributed by atoms with Crippen molar-refractivity contribution >= 4 is 5.69 Å². The first-order chi connectivity index (χ1) is 8.63. The fraction of sp³-hybridized carbons (Fsp3) is 0.571. The van der Waals surface area contributed by atoms with Crippen molar-refractivity contribution in [3.63, 3.8) is 0 Å². The molecule has 1 aromatic carbocycles. The Balaban J connectivity index is 2.45. The molecular formula is C14H23NO3. The summed E-state index contributed by atoms with van der Waals surface area (Å²) in [5, 5.41) is 0. The summed E-state index contributed by atoms with van der Waals surface area (Å²) in [6.45, 7) is 7.81. The predicted molar refractivity (Wildman–Crippen MR) is 73.2 cm³/mol. The first-order valence-corrected chi connectivity index (χ1v) is 6.40. The van der Waals surface area contributed by atoms with E-state index < -0.39 is 0 Å². The summed E-state index contributed by atoms with van der Waals surface area (Å²) in [6, 6.07) is 5.45. The highest BCUT2D eigenvalue weighted by Crippen LogP contribution is 2.27. The molecule has 1 rings (SSSR count). The Morgan fingerprint density at radius 2 is 1.89 bits per heavy atom. The summed E-state index contributed by atoms with van der Waals surface area (Å²) in [7, 11) is 0. The van der Waals surface area contributed by atoms with Crippen LogP contribution in [0.4, 0.5) is 5.69 Å². The molecule has 102 valence electrons. The van der Waals surface area contributed by atoms with Crippen LogP contribution in [0, 0.1) is 0 Å². The minimum absolute atomic E-state index is 0.225. The summed E-state index contributed by atoms with van der Waals surface area (Å²) < 4.78 is 16.5. The van der Waals surface area contributed by atoms with Crippen LogP contribution in [0.5, 0.6) is 11.5 Å². The van der Waals surface area contributed by atoms with Crippen molar-refractivity contribution in [1.82, 2.24) is 0 Å². The van der Waals surface area contributed by atoms with Gasteiger partial charge in [0.1, 0.15) is 18.1 Å². The molecular weight excluding hydrogens is 230 g/mol. The number of ether oxygens (including phenoxy) is 3. The summed E-state index contributed by atoms with van der Waals surface area (Å²) in [5.41, 5.74) is 6.45. The molecule has 0 aliphatic carbocycles. The lowest BCUT2D eigenvalue weighted by molar-refractivity contribution is 0.0552. The molecule has 0 heterocycles. The lowest BCUT2D eigenvalue weighted by Crippen LogP contribution is -2.11. The molecule has 1 aromatic rings. The van der Waals surface area contributed by atoms with Crippen LogP contribution in [0.25, 0.3) is 0 Å². The van der Waals surface area contributed by atoms with Crippen LogP contribution in [0.15, 0.2) is 18.2 Å². The standard InChI is InChI=1S/C14H23NO3/c1-4-7-18-14-10-12(5-6-13(14)15)17-9-8-16-11(2)3/h5-6,10-11H,4,7-9,15H2,1-3H3. The molecule has 0 atom stereocenters. The molecule has 4 heteroatoms. The van der Waals surface area contributed by atoms with Gasteiger partial charge in [-0.05, 0) is 32.4 Å². The number of nitrogens with two attached hydrogens (primary N) is 1. The largest absolute Gasteiger partial charge is 0.491 e. The third-order valence-corrected chi connectivity index (χ3v) is 2.25. The molecule has 0 aliphatic heterocycles. The summed E-state index contributed by atoms with van der Waals surface area (Å²) in [4.78, 5) is 0. The molecule has 0 spiro atoms. The zero-order valence-corrected chi connectivity index (χ0v) is 11.4. The Morgan fingerprint density at radius 1 is 1.11 bits per heavy atom. The Kier molecular flexibility index (Phi) is 6.36. The SMILES string of the molecule is CCCOc1cc(OCCOC(C)C)ccc1N. The minimum Gasteiger partial charge on any atom is -0.491 e. The summed E-state index contributed by atoms with van der Waals surface area (Å²) >= 11 is 0. The van der Waals surface area contributed by atoms with Crippen molar-refractivity contribution in [3.05, 3.63) is 18.2 Å². The van der Waals surface area contributed by atoms with Crippen LogP contribution in [0.1, 0.15) is 27.2 Å². The van der Waals surface area contributed by atoms with Gasteiger partial charge in [0.05, 0.1) is 25.0 Å². The number of rotatable bonds is 8. The molecule has 2 N–H and O–H groups in total. The van der Waals surface area contributed by atoms with Gasteiger partial charge in [-0.3, -0.25) is 0 Å². The molecule has 0 amide bonds. The first kappa shape index (κ1) is 14.6. The van der Waals surface area contributed by atoms with E-state index in [1.807, 2.05) is 26.0 Å². The van der Waals surface area contributed by atoms with Gasteiger partial charge in [-0.25, -0.2) is 0 Å². The lowest BCUT2D eigenvalue weighted by atomic mass is 10.3. The molecule has 0 bridgehead atoms. The Morgan fingerprint density at radius 3 is 2.56 bits per heavy atom. The van der Waals surface area contributed by atoms with Gasteiger partial charge < -0.3 is 19.9 Å². The van der Waals surface area contributed by atoms with Crippen molar-refractivity contribution < 1.29 is 14.2 Å². The quantitative estimate of drug-likeness (QED) is 0.571. The van der Waals surface area contributed by atoms with E-state index in [0.29, 0.717) is 31.3 Å². The normalized spacial score (nSPS) is 10.7. The second-order valence-electron chi connectivity index (χ2n) is 4.32. The van der Waals surface area contributed by atoms with Crippen LogP contribution >= 0.6 is 0 Å². The second-order valence-corrected chi connectivity index (χ2v) is 4.32. The van der Waals surface area contributed by atoms with E-state index in [4.69, 9.17) is 19.9 Å². The van der Waals surface area contributed by atoms with Crippen molar-refractivity contribution in [1.29, 1.82) is 0 Å². The first-order valence-electron chi connectivity index (χ1n) is 6.40. The molecule has 0 radical (unpaired) electrons. The zero-order chi connectivity index (χ0) is 13.4. The number of nitrogen functional groups attached to an aromatic ring is 1. The molecule has 4 nitrogen and oxygen atoms in total. The lowest BCUT2D eigenvalue weighted by Gasteiger charge is -2.12. The smallest absolute Gasteiger partial charge is 0.145 e. The Hall–Kier alpha value is -1.42. The van der Waals surface area contributed by atoms with Gasteiger partial charge in [0.25, 0.3) is 0 Å². The van der Waals surface area contributed by atoms with E-state index in [9.17, 15) is 0 Å². The van der Waals surface area contributed by atoms with Crippen LogP contribution in [0.2, 0.25) is 0 Å². The Bertz CT molecular complexity index is 353. The average molecular weight is 253 g/mol. The molecule has 0 aromatic heterocycles. The molecule has 0 fully saturated rings. The molecule has 0 saturated heterocycles. The maximum absolute atomic E-state index is 5.82. The van der Waals surface area contributed by atoms with Crippen LogP contribution in [0.3, 0.4) is 0 Å². The average Bonchev–Trinajstić information content (AvgIpc) is 2.34. The third kappa shape index (κ3) is 5.27. The van der Waals surface area contributed by atoms with Gasteiger partial charge in [-0.15, -0.1) is 0 Å². The monoisotopic (exact) mass is 253 g/mol.